The van der Waals surface area contributed by atoms with Gasteiger partial charge in [-0.3, -0.25) is 10.1 Å². The predicted octanol–water partition coefficient (Wildman–Crippen LogP) is 3.67. The van der Waals surface area contributed by atoms with Crippen LogP contribution in [0.25, 0.3) is 0 Å². The summed E-state index contributed by atoms with van der Waals surface area (Å²) in [5.74, 6) is -3.15. The van der Waals surface area contributed by atoms with Crippen LogP contribution in [0.15, 0.2) is 28.8 Å². The maximum Gasteiger partial charge on any atom is 0.471 e. The van der Waals surface area contributed by atoms with Gasteiger partial charge in [-0.05, 0) is 45.0 Å². The molecule has 7 nitrogen and oxygen atoms in total. The highest BCUT2D eigenvalue weighted by atomic mass is 19.4. The van der Waals surface area contributed by atoms with E-state index in [2.05, 4.69) is 20.0 Å². The molecule has 0 saturated carbocycles. The van der Waals surface area contributed by atoms with Gasteiger partial charge in [0.25, 0.3) is 0 Å². The van der Waals surface area contributed by atoms with E-state index in [-0.39, 0.29) is 5.56 Å². The number of nitrogens with one attached hydrogen (secondary N) is 1. The van der Waals surface area contributed by atoms with Crippen LogP contribution >= 0.6 is 0 Å². The maximum atomic E-state index is 12.4. The molecule has 0 unspecified atom stereocenters. The molecule has 134 valence electrons. The lowest BCUT2D eigenvalue weighted by atomic mass is 10.1. The van der Waals surface area contributed by atoms with Gasteiger partial charge in [-0.1, -0.05) is 5.16 Å². The summed E-state index contributed by atoms with van der Waals surface area (Å²) in [5, 5.41) is 5.48. The fourth-order valence-corrected chi connectivity index (χ4v) is 1.69. The van der Waals surface area contributed by atoms with Crippen molar-refractivity contribution in [3.05, 3.63) is 41.5 Å². The van der Waals surface area contributed by atoms with Crippen molar-refractivity contribution < 1.29 is 32.0 Å². The monoisotopic (exact) mass is 357 g/mol. The summed E-state index contributed by atoms with van der Waals surface area (Å²) < 4.78 is 46.3. The summed E-state index contributed by atoms with van der Waals surface area (Å²) in [5.41, 5.74) is -0.298. The average Bonchev–Trinajstić information content (AvgIpc) is 2.95. The molecular formula is C15H14F3N3O4. The molecule has 0 aliphatic rings. The molecule has 0 bridgehead atoms. The van der Waals surface area contributed by atoms with Crippen molar-refractivity contribution in [3.8, 4) is 0 Å². The lowest BCUT2D eigenvalue weighted by molar-refractivity contribution is -0.159. The summed E-state index contributed by atoms with van der Waals surface area (Å²) in [6.45, 7) is 5.11. The van der Waals surface area contributed by atoms with Gasteiger partial charge in [-0.25, -0.2) is 4.79 Å². The normalized spacial score (nSPS) is 11.9. The largest absolute Gasteiger partial charge is 0.471 e. The SMILES string of the molecule is CC(C)(C)OC(=O)Nc1ccc(C(=O)c2noc(C(F)(F)F)n2)cc1. The number of nitrogens with zero attached hydrogens (tertiary/aromatic N) is 2. The number of ketones is 1. The number of ether oxygens (including phenoxy) is 1. The number of carbonyl (C=O) groups is 2. The molecule has 0 radical (unpaired) electrons. The van der Waals surface area contributed by atoms with E-state index in [1.54, 1.807) is 20.8 Å². The third-order valence-corrected chi connectivity index (χ3v) is 2.66. The topological polar surface area (TPSA) is 94.3 Å². The quantitative estimate of drug-likeness (QED) is 0.843. The highest BCUT2D eigenvalue weighted by Crippen LogP contribution is 2.27. The van der Waals surface area contributed by atoms with E-state index in [0.717, 1.165) is 0 Å². The third-order valence-electron chi connectivity index (χ3n) is 2.66. The standard InChI is InChI=1S/C15H14F3N3O4/c1-14(2,3)24-13(23)19-9-6-4-8(5-7-9)10(22)11-20-12(25-21-11)15(16,17)18/h4-7H,1-3H3,(H,19,23). The van der Waals surface area contributed by atoms with Crippen LogP contribution < -0.4 is 5.32 Å². The van der Waals surface area contributed by atoms with E-state index in [1.807, 2.05) is 0 Å². The maximum absolute atomic E-state index is 12.4. The van der Waals surface area contributed by atoms with Gasteiger partial charge in [-0.2, -0.15) is 18.2 Å². The van der Waals surface area contributed by atoms with Gasteiger partial charge in [0.1, 0.15) is 5.60 Å². The molecule has 0 aliphatic carbocycles. The van der Waals surface area contributed by atoms with E-state index >= 15 is 0 Å². The van der Waals surface area contributed by atoms with Crippen molar-refractivity contribution in [2.24, 2.45) is 0 Å². The Balaban J connectivity index is 2.08. The van der Waals surface area contributed by atoms with Gasteiger partial charge in [0.05, 0.1) is 0 Å². The van der Waals surface area contributed by atoms with Crippen molar-refractivity contribution in [1.82, 2.24) is 10.1 Å². The predicted molar refractivity (Wildman–Crippen MR) is 79.0 cm³/mol. The molecule has 0 fully saturated rings. The Morgan fingerprint density at radius 3 is 2.20 bits per heavy atom. The third kappa shape index (κ3) is 5.03. The van der Waals surface area contributed by atoms with E-state index in [0.29, 0.717) is 5.69 Å². The number of alkyl halides is 3. The van der Waals surface area contributed by atoms with E-state index in [9.17, 15) is 22.8 Å². The summed E-state index contributed by atoms with van der Waals surface area (Å²) in [7, 11) is 0. The molecule has 1 aromatic heterocycles. The number of rotatable bonds is 3. The van der Waals surface area contributed by atoms with Gasteiger partial charge in [-0.15, -0.1) is 0 Å². The Labute approximate surface area is 140 Å². The van der Waals surface area contributed by atoms with Crippen molar-refractivity contribution in [3.63, 3.8) is 0 Å². The van der Waals surface area contributed by atoms with Crippen LogP contribution in [0.1, 0.15) is 42.8 Å². The van der Waals surface area contributed by atoms with Crippen LogP contribution in [0.3, 0.4) is 0 Å². The second-order valence-corrected chi connectivity index (χ2v) is 5.95. The smallest absolute Gasteiger partial charge is 0.444 e. The van der Waals surface area contributed by atoms with Gasteiger partial charge in [0.2, 0.25) is 11.6 Å². The Kier molecular flexibility index (Phi) is 4.82. The van der Waals surface area contributed by atoms with Crippen LogP contribution in [0.5, 0.6) is 0 Å². The molecule has 25 heavy (non-hydrogen) atoms. The fraction of sp³-hybridized carbons (Fsp3) is 0.333. The minimum absolute atomic E-state index is 0.0317. The number of hydrogen-bond donors (Lipinski definition) is 1. The zero-order valence-electron chi connectivity index (χ0n) is 13.5. The highest BCUT2D eigenvalue weighted by Gasteiger charge is 2.39. The minimum atomic E-state index is -4.83. The first-order chi connectivity index (χ1) is 11.5. The zero-order chi connectivity index (χ0) is 18.8. The van der Waals surface area contributed by atoms with Gasteiger partial charge < -0.3 is 9.26 Å². The first kappa shape index (κ1) is 18.4. The van der Waals surface area contributed by atoms with Gasteiger partial charge in [0, 0.05) is 11.3 Å². The van der Waals surface area contributed by atoms with E-state index < -0.39 is 35.4 Å². The highest BCUT2D eigenvalue weighted by molar-refractivity contribution is 6.06. The fourth-order valence-electron chi connectivity index (χ4n) is 1.69. The minimum Gasteiger partial charge on any atom is -0.444 e. The van der Waals surface area contributed by atoms with Crippen LogP contribution in [-0.4, -0.2) is 27.6 Å². The van der Waals surface area contributed by atoms with Crippen molar-refractivity contribution >= 4 is 17.6 Å². The molecule has 0 aliphatic heterocycles. The molecule has 1 heterocycles. The average molecular weight is 357 g/mol. The van der Waals surface area contributed by atoms with Crippen molar-refractivity contribution in [2.75, 3.05) is 5.32 Å². The lowest BCUT2D eigenvalue weighted by Crippen LogP contribution is -2.27. The first-order valence-electron chi connectivity index (χ1n) is 7.01. The van der Waals surface area contributed by atoms with Crippen molar-refractivity contribution in [2.45, 2.75) is 32.5 Å². The first-order valence-corrected chi connectivity index (χ1v) is 7.01. The second-order valence-electron chi connectivity index (χ2n) is 5.95. The van der Waals surface area contributed by atoms with Crippen LogP contribution in [0.2, 0.25) is 0 Å². The molecule has 0 atom stereocenters. The zero-order valence-corrected chi connectivity index (χ0v) is 13.5. The Morgan fingerprint density at radius 2 is 1.72 bits per heavy atom. The number of halogens is 3. The Hall–Kier alpha value is -2.91. The molecule has 2 rings (SSSR count). The number of carbonyl (C=O) groups excluding carboxylic acids is 2. The molecule has 10 heteroatoms. The summed E-state index contributed by atoms with van der Waals surface area (Å²) in [6, 6.07) is 5.39. The summed E-state index contributed by atoms with van der Waals surface area (Å²) >= 11 is 0. The number of anilines is 1. The Bertz CT molecular complexity index is 777. The molecule has 1 amide bonds. The molecule has 2 aromatic rings. The molecular weight excluding hydrogens is 343 g/mol. The van der Waals surface area contributed by atoms with Crippen LogP contribution in [0, 0.1) is 0 Å². The molecule has 0 spiro atoms. The van der Waals surface area contributed by atoms with E-state index in [1.165, 1.54) is 24.3 Å². The number of hydrogen-bond acceptors (Lipinski definition) is 6. The van der Waals surface area contributed by atoms with Gasteiger partial charge >= 0.3 is 18.2 Å². The van der Waals surface area contributed by atoms with Crippen LogP contribution in [-0.2, 0) is 10.9 Å². The lowest BCUT2D eigenvalue weighted by Gasteiger charge is -2.19. The Morgan fingerprint density at radius 1 is 1.12 bits per heavy atom. The number of benzene rings is 1. The molecule has 1 N–H and O–H groups in total. The van der Waals surface area contributed by atoms with Crippen molar-refractivity contribution in [1.29, 1.82) is 0 Å². The van der Waals surface area contributed by atoms with Crippen LogP contribution in [0.4, 0.5) is 23.7 Å². The number of amides is 1. The summed E-state index contributed by atoms with van der Waals surface area (Å²) in [4.78, 5) is 26.7. The number of aromatic nitrogens is 2. The van der Waals surface area contributed by atoms with E-state index in [4.69, 9.17) is 4.74 Å². The summed E-state index contributed by atoms with van der Waals surface area (Å²) in [6.07, 6.45) is -5.51. The second kappa shape index (κ2) is 6.54. The molecule has 0 saturated heterocycles. The van der Waals surface area contributed by atoms with Gasteiger partial charge in [0.15, 0.2) is 0 Å². The molecule has 1 aromatic carbocycles.